The van der Waals surface area contributed by atoms with E-state index >= 15 is 0 Å². The lowest BCUT2D eigenvalue weighted by molar-refractivity contribution is 0.477. The molecule has 1 N–H and O–H groups in total. The quantitative estimate of drug-likeness (QED) is 0.634. The number of phenols is 1. The van der Waals surface area contributed by atoms with E-state index < -0.39 is 0 Å². The minimum atomic E-state index is 0.420. The van der Waals surface area contributed by atoms with Crippen molar-refractivity contribution in [3.63, 3.8) is 0 Å². The number of phenolic OH excluding ortho intramolecular Hbond substituents is 1. The number of thiophene rings is 1. The first-order chi connectivity index (χ1) is 5.29. The second-order valence-corrected chi connectivity index (χ2v) is 3.51. The molecule has 1 nitrogen and oxygen atoms in total. The van der Waals surface area contributed by atoms with E-state index in [1.54, 1.807) is 11.3 Å². The van der Waals surface area contributed by atoms with Crippen molar-refractivity contribution in [2.45, 2.75) is 6.92 Å². The van der Waals surface area contributed by atoms with Crippen LogP contribution in [0.5, 0.6) is 5.75 Å². The summed E-state index contributed by atoms with van der Waals surface area (Å²) in [7, 11) is 0. The average Bonchev–Trinajstić information content (AvgIpc) is 2.45. The van der Waals surface area contributed by atoms with Crippen molar-refractivity contribution in [3.05, 3.63) is 29.1 Å². The lowest BCUT2D eigenvalue weighted by Gasteiger charge is -1.97. The Morgan fingerprint density at radius 1 is 1.27 bits per heavy atom. The van der Waals surface area contributed by atoms with E-state index in [1.165, 1.54) is 0 Å². The monoisotopic (exact) mass is 164 g/mol. The van der Waals surface area contributed by atoms with Crippen LogP contribution in [0.1, 0.15) is 5.56 Å². The third-order valence-corrected chi connectivity index (χ3v) is 2.69. The van der Waals surface area contributed by atoms with Gasteiger partial charge in [-0.15, -0.1) is 11.3 Å². The predicted octanol–water partition coefficient (Wildman–Crippen LogP) is 2.92. The Labute approximate surface area is 68.9 Å². The fraction of sp³-hybridized carbons (Fsp3) is 0.111. The summed E-state index contributed by atoms with van der Waals surface area (Å²) in [5.74, 6) is 0.420. The normalized spacial score (nSPS) is 10.6. The van der Waals surface area contributed by atoms with E-state index in [2.05, 4.69) is 0 Å². The Morgan fingerprint density at radius 2 is 2.09 bits per heavy atom. The van der Waals surface area contributed by atoms with Crippen molar-refractivity contribution in [1.29, 1.82) is 0 Å². The van der Waals surface area contributed by atoms with E-state index in [9.17, 15) is 5.11 Å². The van der Waals surface area contributed by atoms with Gasteiger partial charge in [-0.25, -0.2) is 0 Å². The molecule has 0 saturated carbocycles. The molecule has 11 heavy (non-hydrogen) atoms. The van der Waals surface area contributed by atoms with Gasteiger partial charge in [0, 0.05) is 10.1 Å². The van der Waals surface area contributed by atoms with Crippen LogP contribution in [-0.4, -0.2) is 5.11 Å². The molecule has 0 fully saturated rings. The molecule has 0 unspecified atom stereocenters. The number of hydrogen-bond donors (Lipinski definition) is 1. The molecule has 0 aliphatic carbocycles. The van der Waals surface area contributed by atoms with Crippen LogP contribution in [0, 0.1) is 6.92 Å². The van der Waals surface area contributed by atoms with Gasteiger partial charge in [0.05, 0.1) is 0 Å². The number of aromatic hydroxyl groups is 1. The van der Waals surface area contributed by atoms with Crippen LogP contribution in [0.4, 0.5) is 0 Å². The van der Waals surface area contributed by atoms with Gasteiger partial charge in [0.25, 0.3) is 0 Å². The van der Waals surface area contributed by atoms with Crippen molar-refractivity contribution in [1.82, 2.24) is 0 Å². The van der Waals surface area contributed by atoms with Gasteiger partial charge >= 0.3 is 0 Å². The molecule has 1 aromatic heterocycles. The fourth-order valence-corrected chi connectivity index (χ4v) is 1.93. The minimum Gasteiger partial charge on any atom is -0.507 e. The van der Waals surface area contributed by atoms with Gasteiger partial charge in [0.2, 0.25) is 0 Å². The molecule has 0 saturated heterocycles. The molecule has 2 heteroatoms. The van der Waals surface area contributed by atoms with E-state index in [0.717, 1.165) is 15.6 Å². The van der Waals surface area contributed by atoms with Gasteiger partial charge in [-0.1, -0.05) is 6.07 Å². The summed E-state index contributed by atoms with van der Waals surface area (Å²) < 4.78 is 1.15. The first-order valence-electron chi connectivity index (χ1n) is 3.45. The molecular formula is C9H8OS. The summed E-state index contributed by atoms with van der Waals surface area (Å²) in [5, 5.41) is 12.5. The molecule has 0 atom stereocenters. The van der Waals surface area contributed by atoms with Gasteiger partial charge < -0.3 is 5.11 Å². The van der Waals surface area contributed by atoms with Crippen molar-refractivity contribution < 1.29 is 5.11 Å². The van der Waals surface area contributed by atoms with Crippen LogP contribution in [0.2, 0.25) is 0 Å². The molecule has 2 rings (SSSR count). The summed E-state index contributed by atoms with van der Waals surface area (Å²) >= 11 is 1.65. The highest BCUT2D eigenvalue weighted by atomic mass is 32.1. The van der Waals surface area contributed by atoms with E-state index in [4.69, 9.17) is 0 Å². The number of hydrogen-bond acceptors (Lipinski definition) is 2. The smallest absolute Gasteiger partial charge is 0.127 e. The summed E-state index contributed by atoms with van der Waals surface area (Å²) in [4.78, 5) is 0. The van der Waals surface area contributed by atoms with Crippen LogP contribution in [0.15, 0.2) is 23.6 Å². The van der Waals surface area contributed by atoms with E-state index in [-0.39, 0.29) is 0 Å². The van der Waals surface area contributed by atoms with Crippen LogP contribution >= 0.6 is 11.3 Å². The Kier molecular flexibility index (Phi) is 1.36. The minimum absolute atomic E-state index is 0.420. The SMILES string of the molecule is Cc1ccc2sccc2c1O. The third-order valence-electron chi connectivity index (χ3n) is 1.81. The first-order valence-corrected chi connectivity index (χ1v) is 4.33. The third kappa shape index (κ3) is 0.906. The lowest BCUT2D eigenvalue weighted by Crippen LogP contribution is -1.72. The topological polar surface area (TPSA) is 20.2 Å². The Hall–Kier alpha value is -1.02. The zero-order valence-corrected chi connectivity index (χ0v) is 6.98. The van der Waals surface area contributed by atoms with Crippen LogP contribution in [-0.2, 0) is 0 Å². The molecule has 56 valence electrons. The van der Waals surface area contributed by atoms with Crippen molar-refractivity contribution >= 4 is 21.4 Å². The molecular weight excluding hydrogens is 156 g/mol. The van der Waals surface area contributed by atoms with Gasteiger partial charge in [-0.05, 0) is 30.0 Å². The maximum atomic E-state index is 9.55. The highest BCUT2D eigenvalue weighted by Gasteiger charge is 2.02. The van der Waals surface area contributed by atoms with Crippen LogP contribution in [0.25, 0.3) is 10.1 Å². The summed E-state index contributed by atoms with van der Waals surface area (Å²) in [5.41, 5.74) is 0.941. The summed E-state index contributed by atoms with van der Waals surface area (Å²) in [6, 6.07) is 5.92. The Balaban J connectivity index is 2.93. The molecule has 1 aromatic carbocycles. The van der Waals surface area contributed by atoms with E-state index in [0.29, 0.717) is 5.75 Å². The average molecular weight is 164 g/mol. The number of aryl methyl sites for hydroxylation is 1. The number of fused-ring (bicyclic) bond motifs is 1. The highest BCUT2D eigenvalue weighted by molar-refractivity contribution is 7.17. The molecule has 0 aliphatic rings. The van der Waals surface area contributed by atoms with Crippen LogP contribution in [0.3, 0.4) is 0 Å². The molecule has 1 heterocycles. The maximum absolute atomic E-state index is 9.55. The predicted molar refractivity (Wildman–Crippen MR) is 48.2 cm³/mol. The second-order valence-electron chi connectivity index (χ2n) is 2.56. The molecule has 0 amide bonds. The van der Waals surface area contributed by atoms with Gasteiger partial charge in [0.15, 0.2) is 0 Å². The fourth-order valence-electron chi connectivity index (χ4n) is 1.14. The largest absolute Gasteiger partial charge is 0.507 e. The first kappa shape index (κ1) is 6.68. The molecule has 0 radical (unpaired) electrons. The van der Waals surface area contributed by atoms with Crippen molar-refractivity contribution in [2.24, 2.45) is 0 Å². The zero-order valence-electron chi connectivity index (χ0n) is 6.16. The highest BCUT2D eigenvalue weighted by Crippen LogP contribution is 2.31. The molecule has 0 bridgehead atoms. The molecule has 2 aromatic rings. The van der Waals surface area contributed by atoms with E-state index in [1.807, 2.05) is 30.5 Å². The van der Waals surface area contributed by atoms with Gasteiger partial charge in [-0.3, -0.25) is 0 Å². The van der Waals surface area contributed by atoms with Gasteiger partial charge in [0.1, 0.15) is 5.75 Å². The van der Waals surface area contributed by atoms with Crippen molar-refractivity contribution in [3.8, 4) is 5.75 Å². The van der Waals surface area contributed by atoms with Crippen molar-refractivity contribution in [2.75, 3.05) is 0 Å². The van der Waals surface area contributed by atoms with Gasteiger partial charge in [-0.2, -0.15) is 0 Å². The molecule has 0 aliphatic heterocycles. The Morgan fingerprint density at radius 3 is 2.91 bits per heavy atom. The number of rotatable bonds is 0. The Bertz CT molecular complexity index is 389. The summed E-state index contributed by atoms with van der Waals surface area (Å²) in [6.45, 7) is 1.91. The maximum Gasteiger partial charge on any atom is 0.127 e. The lowest BCUT2D eigenvalue weighted by atomic mass is 10.1. The zero-order chi connectivity index (χ0) is 7.84. The summed E-state index contributed by atoms with van der Waals surface area (Å²) in [6.07, 6.45) is 0. The standard InChI is InChI=1S/C9H8OS/c1-6-2-3-8-7(9(6)10)4-5-11-8/h2-5,10H,1H3. The molecule has 0 spiro atoms. The number of benzene rings is 1. The second kappa shape index (κ2) is 2.24. The van der Waals surface area contributed by atoms with Crippen LogP contribution < -0.4 is 0 Å².